The van der Waals surface area contributed by atoms with Crippen molar-refractivity contribution in [2.75, 3.05) is 13.2 Å². The van der Waals surface area contributed by atoms with E-state index in [1.165, 1.54) is 0 Å². The minimum Gasteiger partial charge on any atom is -0.512 e. The van der Waals surface area contributed by atoms with Crippen molar-refractivity contribution in [3.8, 4) is 0 Å². The molecule has 0 aromatic heterocycles. The molecular weight excluding hydrogens is 96.0 g/mol. The molecule has 0 radical (unpaired) electrons. The van der Waals surface area contributed by atoms with E-state index < -0.39 is 0 Å². The van der Waals surface area contributed by atoms with Crippen LogP contribution in [-0.4, -0.2) is 23.4 Å². The Morgan fingerprint density at radius 2 is 2.29 bits per heavy atom. The molecule has 0 bridgehead atoms. The molecule has 0 spiro atoms. The van der Waals surface area contributed by atoms with E-state index in [-0.39, 0.29) is 13.2 Å². The number of aliphatic hydroxyl groups excluding tert-OH is 2. The molecule has 0 rings (SSSR count). The molecule has 0 aromatic carbocycles. The third kappa shape index (κ3) is 5.30. The molecule has 0 amide bonds. The van der Waals surface area contributed by atoms with Crippen molar-refractivity contribution in [2.45, 2.75) is 0 Å². The Hall–Kier alpha value is -0.700. The lowest BCUT2D eigenvalue weighted by molar-refractivity contribution is 0.162. The van der Waals surface area contributed by atoms with Gasteiger partial charge in [-0.1, -0.05) is 0 Å². The SMILES string of the molecule is O/C=C\OCCO. The number of rotatable bonds is 3. The molecule has 0 fully saturated rings. The van der Waals surface area contributed by atoms with Crippen molar-refractivity contribution in [1.82, 2.24) is 0 Å². The van der Waals surface area contributed by atoms with Gasteiger partial charge in [-0.2, -0.15) is 0 Å². The normalized spacial score (nSPS) is 9.86. The van der Waals surface area contributed by atoms with Crippen LogP contribution in [-0.2, 0) is 4.74 Å². The molecule has 0 unspecified atom stereocenters. The van der Waals surface area contributed by atoms with Crippen LogP contribution < -0.4 is 0 Å². The highest BCUT2D eigenvalue weighted by molar-refractivity contribution is 4.55. The van der Waals surface area contributed by atoms with Crippen LogP contribution >= 0.6 is 0 Å². The van der Waals surface area contributed by atoms with E-state index >= 15 is 0 Å². The molecule has 42 valence electrons. The molecule has 3 heteroatoms. The average Bonchev–Trinajstić information content (AvgIpc) is 1.69. The molecule has 0 aromatic rings. The molecule has 0 aliphatic rings. The highest BCUT2D eigenvalue weighted by Gasteiger charge is 1.72. The van der Waals surface area contributed by atoms with Gasteiger partial charge in [-0.25, -0.2) is 0 Å². The fourth-order valence-corrected chi connectivity index (χ4v) is 0.164. The van der Waals surface area contributed by atoms with Gasteiger partial charge in [-0.15, -0.1) is 0 Å². The third-order valence-electron chi connectivity index (χ3n) is 0.366. The minimum absolute atomic E-state index is 0.0235. The first-order valence-corrected chi connectivity index (χ1v) is 1.93. The van der Waals surface area contributed by atoms with Crippen molar-refractivity contribution < 1.29 is 14.9 Å². The summed E-state index contributed by atoms with van der Waals surface area (Å²) in [7, 11) is 0. The van der Waals surface area contributed by atoms with E-state index in [1.807, 2.05) is 0 Å². The average molecular weight is 104 g/mol. The highest BCUT2D eigenvalue weighted by atomic mass is 16.5. The number of ether oxygens (including phenoxy) is 1. The Balaban J connectivity index is 2.69. The topological polar surface area (TPSA) is 49.7 Å². The monoisotopic (exact) mass is 104 g/mol. The van der Waals surface area contributed by atoms with Gasteiger partial charge >= 0.3 is 0 Å². The largest absolute Gasteiger partial charge is 0.512 e. The van der Waals surface area contributed by atoms with Crippen LogP contribution in [0.15, 0.2) is 12.5 Å². The summed E-state index contributed by atoms with van der Waals surface area (Å²) in [5.41, 5.74) is 0. The highest BCUT2D eigenvalue weighted by Crippen LogP contribution is 1.71. The summed E-state index contributed by atoms with van der Waals surface area (Å²) in [6.45, 7) is 0.210. The van der Waals surface area contributed by atoms with Crippen LogP contribution in [0, 0.1) is 0 Å². The van der Waals surface area contributed by atoms with Gasteiger partial charge in [0.05, 0.1) is 6.61 Å². The maximum absolute atomic E-state index is 8.05. The lowest BCUT2D eigenvalue weighted by Crippen LogP contribution is -1.91. The van der Waals surface area contributed by atoms with Crippen molar-refractivity contribution in [3.05, 3.63) is 12.5 Å². The van der Waals surface area contributed by atoms with Gasteiger partial charge in [-0.3, -0.25) is 0 Å². The quantitative estimate of drug-likeness (QED) is 0.392. The van der Waals surface area contributed by atoms with Gasteiger partial charge in [0, 0.05) is 0 Å². The van der Waals surface area contributed by atoms with Crippen LogP contribution in [0.2, 0.25) is 0 Å². The molecule has 3 nitrogen and oxygen atoms in total. The van der Waals surface area contributed by atoms with Gasteiger partial charge in [0.1, 0.15) is 19.1 Å². The zero-order chi connectivity index (χ0) is 5.54. The van der Waals surface area contributed by atoms with E-state index in [4.69, 9.17) is 10.2 Å². The lowest BCUT2D eigenvalue weighted by atomic mass is 10.8. The first-order valence-electron chi connectivity index (χ1n) is 1.93. The Morgan fingerprint density at radius 3 is 2.71 bits per heavy atom. The zero-order valence-electron chi connectivity index (χ0n) is 3.87. The Kier molecular flexibility index (Phi) is 4.77. The van der Waals surface area contributed by atoms with Crippen molar-refractivity contribution in [3.63, 3.8) is 0 Å². The van der Waals surface area contributed by atoms with Gasteiger partial charge in [0.25, 0.3) is 0 Å². The molecule has 0 saturated carbocycles. The Labute approximate surface area is 41.8 Å². The van der Waals surface area contributed by atoms with Crippen LogP contribution in [0.4, 0.5) is 0 Å². The second kappa shape index (κ2) is 5.30. The molecule has 0 heterocycles. The second-order valence-electron chi connectivity index (χ2n) is 0.880. The van der Waals surface area contributed by atoms with E-state index in [0.717, 1.165) is 12.5 Å². The van der Waals surface area contributed by atoms with E-state index in [9.17, 15) is 0 Å². The first-order chi connectivity index (χ1) is 3.41. The van der Waals surface area contributed by atoms with Gasteiger partial charge in [0.15, 0.2) is 0 Å². The predicted molar refractivity (Wildman–Crippen MR) is 24.8 cm³/mol. The molecule has 0 atom stereocenters. The van der Waals surface area contributed by atoms with E-state index in [2.05, 4.69) is 4.74 Å². The lowest BCUT2D eigenvalue weighted by Gasteiger charge is -1.90. The fraction of sp³-hybridized carbons (Fsp3) is 0.500. The number of aliphatic hydroxyl groups is 2. The zero-order valence-corrected chi connectivity index (χ0v) is 3.87. The molecule has 7 heavy (non-hydrogen) atoms. The predicted octanol–water partition coefficient (Wildman–Crippen LogP) is 0.0245. The third-order valence-corrected chi connectivity index (χ3v) is 0.366. The van der Waals surface area contributed by atoms with Crippen molar-refractivity contribution >= 4 is 0 Å². The maximum Gasteiger partial charge on any atom is 0.117 e. The fourth-order valence-electron chi connectivity index (χ4n) is 0.164. The summed E-state index contributed by atoms with van der Waals surface area (Å²) < 4.78 is 4.45. The number of hydrogen-bond donors (Lipinski definition) is 2. The van der Waals surface area contributed by atoms with Gasteiger partial charge in [-0.05, 0) is 0 Å². The van der Waals surface area contributed by atoms with Crippen LogP contribution in [0.5, 0.6) is 0 Å². The first kappa shape index (κ1) is 6.30. The van der Waals surface area contributed by atoms with Gasteiger partial charge < -0.3 is 14.9 Å². The van der Waals surface area contributed by atoms with Crippen molar-refractivity contribution in [2.24, 2.45) is 0 Å². The molecule has 0 aliphatic heterocycles. The summed E-state index contributed by atoms with van der Waals surface area (Å²) in [4.78, 5) is 0. The second-order valence-corrected chi connectivity index (χ2v) is 0.880. The van der Waals surface area contributed by atoms with Crippen LogP contribution in [0.25, 0.3) is 0 Å². The van der Waals surface area contributed by atoms with Crippen molar-refractivity contribution in [1.29, 1.82) is 0 Å². The summed E-state index contributed by atoms with van der Waals surface area (Å²) in [5.74, 6) is 0. The number of hydrogen-bond acceptors (Lipinski definition) is 3. The Morgan fingerprint density at radius 1 is 1.57 bits per heavy atom. The van der Waals surface area contributed by atoms with Crippen LogP contribution in [0.3, 0.4) is 0 Å². The van der Waals surface area contributed by atoms with Gasteiger partial charge in [0.2, 0.25) is 0 Å². The minimum atomic E-state index is -0.0235. The summed E-state index contributed by atoms with van der Waals surface area (Å²) in [5, 5.41) is 16.0. The molecular formula is C4H8O3. The van der Waals surface area contributed by atoms with E-state index in [1.54, 1.807) is 0 Å². The Bertz CT molecular complexity index is 50.9. The molecule has 2 N–H and O–H groups in total. The molecule has 0 aliphatic carbocycles. The van der Waals surface area contributed by atoms with E-state index in [0.29, 0.717) is 0 Å². The van der Waals surface area contributed by atoms with Crippen LogP contribution in [0.1, 0.15) is 0 Å². The molecule has 0 saturated heterocycles. The summed E-state index contributed by atoms with van der Waals surface area (Å²) in [6.07, 6.45) is 1.88. The standard InChI is InChI=1S/C4H8O3/c5-1-3-7-4-2-6/h1,3,5-6H,2,4H2/b3-1-. The maximum atomic E-state index is 8.05. The summed E-state index contributed by atoms with van der Waals surface area (Å²) >= 11 is 0. The summed E-state index contributed by atoms with van der Waals surface area (Å²) in [6, 6.07) is 0. The smallest absolute Gasteiger partial charge is 0.117 e.